The summed E-state index contributed by atoms with van der Waals surface area (Å²) in [6.45, 7) is 4.99. The van der Waals surface area contributed by atoms with Crippen LogP contribution in [-0.4, -0.2) is 33.7 Å². The Balaban J connectivity index is 1.92. The average Bonchev–Trinajstić information content (AvgIpc) is 2.59. The van der Waals surface area contributed by atoms with Crippen LogP contribution in [0.1, 0.15) is 28.7 Å². The summed E-state index contributed by atoms with van der Waals surface area (Å²) in [4.78, 5) is 1.53. The highest BCUT2D eigenvalue weighted by atomic mass is 32.2. The second-order valence-corrected chi connectivity index (χ2v) is 9.27. The molecule has 1 aliphatic rings. The van der Waals surface area contributed by atoms with E-state index in [1.165, 1.54) is 0 Å². The molecule has 29 heavy (non-hydrogen) atoms. The molecule has 1 unspecified atom stereocenters. The van der Waals surface area contributed by atoms with Gasteiger partial charge in [-0.3, -0.25) is 0 Å². The number of alkyl halides is 3. The quantitative estimate of drug-likeness (QED) is 0.777. The first-order valence-electron chi connectivity index (χ1n) is 9.49. The van der Waals surface area contributed by atoms with E-state index in [4.69, 9.17) is 0 Å². The van der Waals surface area contributed by atoms with E-state index in [0.29, 0.717) is 17.7 Å². The standard InChI is InChI=1S/C21H25F3N2O2S/c1-14-11-15(2)20(16(3)12-14)29(27,28)25-19(21(22,23)24)13-26-10-6-8-17-7-4-5-9-18(17)26/h4-5,7,9,11-12,19,25H,6,8,10,13H2,1-3H3. The highest BCUT2D eigenvalue weighted by Crippen LogP contribution is 2.31. The topological polar surface area (TPSA) is 49.4 Å². The Bertz CT molecular complexity index is 980. The number of rotatable bonds is 5. The second kappa shape index (κ2) is 7.99. The molecule has 158 valence electrons. The number of benzene rings is 2. The Labute approximate surface area is 169 Å². The van der Waals surface area contributed by atoms with Gasteiger partial charge in [-0.25, -0.2) is 8.42 Å². The van der Waals surface area contributed by atoms with Gasteiger partial charge in [-0.2, -0.15) is 17.9 Å². The Morgan fingerprint density at radius 1 is 1.10 bits per heavy atom. The molecule has 0 fully saturated rings. The largest absolute Gasteiger partial charge is 0.406 e. The van der Waals surface area contributed by atoms with E-state index in [-0.39, 0.29) is 4.90 Å². The molecule has 0 bridgehead atoms. The maximum atomic E-state index is 13.8. The van der Waals surface area contributed by atoms with E-state index in [1.54, 1.807) is 43.0 Å². The molecule has 2 aromatic carbocycles. The van der Waals surface area contributed by atoms with Crippen molar-refractivity contribution in [1.29, 1.82) is 0 Å². The Morgan fingerprint density at radius 3 is 2.34 bits per heavy atom. The Morgan fingerprint density at radius 2 is 1.72 bits per heavy atom. The number of para-hydroxylation sites is 1. The molecule has 0 saturated heterocycles. The molecule has 0 amide bonds. The maximum Gasteiger partial charge on any atom is 0.406 e. The zero-order valence-electron chi connectivity index (χ0n) is 16.7. The van der Waals surface area contributed by atoms with E-state index >= 15 is 0 Å². The highest BCUT2D eigenvalue weighted by Gasteiger charge is 2.44. The fourth-order valence-electron chi connectivity index (χ4n) is 4.07. The number of hydrogen-bond donors (Lipinski definition) is 1. The zero-order valence-corrected chi connectivity index (χ0v) is 17.5. The Kier molecular flexibility index (Phi) is 5.96. The predicted molar refractivity (Wildman–Crippen MR) is 108 cm³/mol. The number of aryl methyl sites for hydroxylation is 4. The third-order valence-electron chi connectivity index (χ3n) is 5.18. The summed E-state index contributed by atoms with van der Waals surface area (Å²) in [5, 5.41) is 0. The lowest BCUT2D eigenvalue weighted by atomic mass is 10.0. The van der Waals surface area contributed by atoms with Crippen molar-refractivity contribution >= 4 is 15.7 Å². The molecule has 3 rings (SSSR count). The van der Waals surface area contributed by atoms with Gasteiger partial charge in [0.15, 0.2) is 0 Å². The first-order valence-corrected chi connectivity index (χ1v) is 11.0. The lowest BCUT2D eigenvalue weighted by molar-refractivity contribution is -0.149. The van der Waals surface area contributed by atoms with Crippen LogP contribution < -0.4 is 9.62 Å². The third-order valence-corrected chi connectivity index (χ3v) is 6.95. The van der Waals surface area contributed by atoms with Gasteiger partial charge in [-0.15, -0.1) is 0 Å². The zero-order chi connectivity index (χ0) is 21.4. The number of nitrogens with one attached hydrogen (secondary N) is 1. The summed E-state index contributed by atoms with van der Waals surface area (Å²) in [6.07, 6.45) is -3.19. The second-order valence-electron chi connectivity index (χ2n) is 7.62. The van der Waals surface area contributed by atoms with E-state index in [1.807, 2.05) is 23.8 Å². The van der Waals surface area contributed by atoms with Crippen LogP contribution in [0, 0.1) is 20.8 Å². The van der Waals surface area contributed by atoms with Crippen LogP contribution in [0.5, 0.6) is 0 Å². The summed E-state index contributed by atoms with van der Waals surface area (Å²) >= 11 is 0. The van der Waals surface area contributed by atoms with E-state index < -0.39 is 28.8 Å². The number of anilines is 1. The molecule has 0 spiro atoms. The smallest absolute Gasteiger partial charge is 0.369 e. The first kappa shape index (κ1) is 21.6. The molecule has 4 nitrogen and oxygen atoms in total. The first-order chi connectivity index (χ1) is 13.5. The summed E-state index contributed by atoms with van der Waals surface area (Å²) in [7, 11) is -4.35. The average molecular weight is 427 g/mol. The number of hydrogen-bond acceptors (Lipinski definition) is 3. The van der Waals surface area contributed by atoms with Crippen molar-refractivity contribution in [2.75, 3.05) is 18.0 Å². The molecule has 2 aromatic rings. The van der Waals surface area contributed by atoms with Crippen molar-refractivity contribution in [3.63, 3.8) is 0 Å². The van der Waals surface area contributed by atoms with Gasteiger partial charge < -0.3 is 4.90 Å². The van der Waals surface area contributed by atoms with Crippen molar-refractivity contribution in [2.24, 2.45) is 0 Å². The van der Waals surface area contributed by atoms with Crippen LogP contribution in [0.3, 0.4) is 0 Å². The molecule has 1 N–H and O–H groups in total. The maximum absolute atomic E-state index is 13.8. The van der Waals surface area contributed by atoms with Crippen molar-refractivity contribution in [2.45, 2.75) is 50.7 Å². The lowest BCUT2D eigenvalue weighted by Crippen LogP contribution is -2.53. The molecule has 0 saturated carbocycles. The minimum atomic E-state index is -4.72. The fraction of sp³-hybridized carbons (Fsp3) is 0.429. The SMILES string of the molecule is Cc1cc(C)c(S(=O)(=O)NC(CN2CCCc3ccccc32)C(F)(F)F)c(C)c1. The van der Waals surface area contributed by atoms with Crippen LogP contribution in [0.25, 0.3) is 0 Å². The number of halogens is 3. The highest BCUT2D eigenvalue weighted by molar-refractivity contribution is 7.89. The third kappa shape index (κ3) is 4.75. The van der Waals surface area contributed by atoms with Crippen molar-refractivity contribution in [3.8, 4) is 0 Å². The van der Waals surface area contributed by atoms with Crippen LogP contribution in [0.15, 0.2) is 41.3 Å². The molecule has 0 aromatic heterocycles. The van der Waals surface area contributed by atoms with Crippen LogP contribution in [0.4, 0.5) is 18.9 Å². The molecular formula is C21H25F3N2O2S. The van der Waals surface area contributed by atoms with Gasteiger partial charge in [0.2, 0.25) is 10.0 Å². The molecule has 1 heterocycles. The van der Waals surface area contributed by atoms with E-state index in [0.717, 1.165) is 29.7 Å². The van der Waals surface area contributed by atoms with Gasteiger partial charge in [0.25, 0.3) is 0 Å². The minimum absolute atomic E-state index is 0.0867. The molecule has 1 aliphatic heterocycles. The van der Waals surface area contributed by atoms with E-state index in [2.05, 4.69) is 0 Å². The number of fused-ring (bicyclic) bond motifs is 1. The molecule has 8 heteroatoms. The van der Waals surface area contributed by atoms with Gasteiger partial charge in [-0.1, -0.05) is 35.9 Å². The molecule has 0 aliphatic carbocycles. The van der Waals surface area contributed by atoms with Gasteiger partial charge in [-0.05, 0) is 56.4 Å². The van der Waals surface area contributed by atoms with Gasteiger partial charge in [0.05, 0.1) is 4.90 Å². The summed E-state index contributed by atoms with van der Waals surface area (Å²) in [6, 6.07) is 8.42. The van der Waals surface area contributed by atoms with Crippen molar-refractivity contribution < 1.29 is 21.6 Å². The summed E-state index contributed by atoms with van der Waals surface area (Å²) in [5.41, 5.74) is 3.43. The summed E-state index contributed by atoms with van der Waals surface area (Å²) in [5.74, 6) is 0. The van der Waals surface area contributed by atoms with Crippen molar-refractivity contribution in [3.05, 3.63) is 58.7 Å². The van der Waals surface area contributed by atoms with Crippen LogP contribution >= 0.6 is 0 Å². The number of sulfonamides is 1. The molecule has 0 radical (unpaired) electrons. The number of nitrogens with zero attached hydrogens (tertiary/aromatic N) is 1. The van der Waals surface area contributed by atoms with Crippen LogP contribution in [0.2, 0.25) is 0 Å². The Hall–Kier alpha value is -2.06. The van der Waals surface area contributed by atoms with Gasteiger partial charge in [0.1, 0.15) is 6.04 Å². The van der Waals surface area contributed by atoms with Gasteiger partial charge >= 0.3 is 6.18 Å². The monoisotopic (exact) mass is 426 g/mol. The normalized spacial score (nSPS) is 15.9. The van der Waals surface area contributed by atoms with Gasteiger partial charge in [0, 0.05) is 18.8 Å². The summed E-state index contributed by atoms with van der Waals surface area (Å²) < 4.78 is 69.2. The minimum Gasteiger partial charge on any atom is -0.369 e. The molecule has 1 atom stereocenters. The lowest BCUT2D eigenvalue weighted by Gasteiger charge is -2.35. The van der Waals surface area contributed by atoms with Crippen LogP contribution in [-0.2, 0) is 16.4 Å². The molecular weight excluding hydrogens is 401 g/mol. The predicted octanol–water partition coefficient (Wildman–Crippen LogP) is 4.27. The fourth-order valence-corrected chi connectivity index (χ4v) is 5.73. The van der Waals surface area contributed by atoms with Crippen molar-refractivity contribution in [1.82, 2.24) is 4.72 Å². The van der Waals surface area contributed by atoms with E-state index in [9.17, 15) is 21.6 Å².